The van der Waals surface area contributed by atoms with Gasteiger partial charge in [-0.3, -0.25) is 5.10 Å². The molecular formula is C17H13ClN2O. The summed E-state index contributed by atoms with van der Waals surface area (Å²) in [5.74, 6) is 0.263. The Kier molecular flexibility index (Phi) is 3.75. The van der Waals surface area contributed by atoms with E-state index in [0.29, 0.717) is 5.02 Å². The molecule has 104 valence electrons. The zero-order valence-corrected chi connectivity index (χ0v) is 11.9. The Morgan fingerprint density at radius 2 is 1.67 bits per heavy atom. The largest absolute Gasteiger partial charge is 0.508 e. The smallest absolute Gasteiger partial charge is 0.115 e. The predicted molar refractivity (Wildman–Crippen MR) is 86.1 cm³/mol. The minimum absolute atomic E-state index is 0.263. The molecule has 0 aliphatic carbocycles. The van der Waals surface area contributed by atoms with E-state index >= 15 is 0 Å². The second-order valence-electron chi connectivity index (χ2n) is 4.64. The van der Waals surface area contributed by atoms with Crippen LogP contribution in [0.2, 0.25) is 5.02 Å². The molecule has 0 spiro atoms. The number of nitrogens with zero attached hydrogens (tertiary/aromatic N) is 1. The SMILES string of the molecule is Oc1ccc(/C=C/c2cc(-c3ccc(Cl)cc3)n[nH]2)cc1. The van der Waals surface area contributed by atoms with Gasteiger partial charge in [-0.1, -0.05) is 41.9 Å². The van der Waals surface area contributed by atoms with Gasteiger partial charge in [0.2, 0.25) is 0 Å². The van der Waals surface area contributed by atoms with Crippen LogP contribution in [0.4, 0.5) is 0 Å². The van der Waals surface area contributed by atoms with Crippen LogP contribution in [0.15, 0.2) is 54.6 Å². The number of hydrogen-bond acceptors (Lipinski definition) is 2. The van der Waals surface area contributed by atoms with Crippen LogP contribution in [-0.4, -0.2) is 15.3 Å². The van der Waals surface area contributed by atoms with Crippen molar-refractivity contribution in [1.82, 2.24) is 10.2 Å². The Bertz CT molecular complexity index is 758. The molecule has 0 aliphatic heterocycles. The molecule has 1 heterocycles. The molecule has 0 bridgehead atoms. The zero-order valence-electron chi connectivity index (χ0n) is 11.1. The van der Waals surface area contributed by atoms with E-state index in [0.717, 1.165) is 22.5 Å². The van der Waals surface area contributed by atoms with Gasteiger partial charge >= 0.3 is 0 Å². The second kappa shape index (κ2) is 5.85. The van der Waals surface area contributed by atoms with Crippen LogP contribution in [-0.2, 0) is 0 Å². The van der Waals surface area contributed by atoms with E-state index in [1.807, 2.05) is 54.6 Å². The molecular weight excluding hydrogens is 284 g/mol. The Labute approximate surface area is 127 Å². The maximum absolute atomic E-state index is 9.24. The molecule has 2 N–H and O–H groups in total. The summed E-state index contributed by atoms with van der Waals surface area (Å²) in [7, 11) is 0. The van der Waals surface area contributed by atoms with E-state index in [9.17, 15) is 5.11 Å². The lowest BCUT2D eigenvalue weighted by Gasteiger charge is -1.95. The van der Waals surface area contributed by atoms with Crippen molar-refractivity contribution in [3.8, 4) is 17.0 Å². The standard InChI is InChI=1S/C17H13ClN2O/c18-14-6-4-13(5-7-14)17-11-15(19-20-17)8-1-12-2-9-16(21)10-3-12/h1-11,21H,(H,19,20)/b8-1+. The summed E-state index contributed by atoms with van der Waals surface area (Å²) in [5.41, 5.74) is 3.81. The molecule has 4 heteroatoms. The number of aromatic hydroxyl groups is 1. The van der Waals surface area contributed by atoms with Gasteiger partial charge in [0.1, 0.15) is 5.75 Å². The number of nitrogens with one attached hydrogen (secondary N) is 1. The van der Waals surface area contributed by atoms with E-state index in [1.54, 1.807) is 12.1 Å². The van der Waals surface area contributed by atoms with Crippen molar-refractivity contribution < 1.29 is 5.11 Å². The Hall–Kier alpha value is -2.52. The van der Waals surface area contributed by atoms with E-state index < -0.39 is 0 Å². The summed E-state index contributed by atoms with van der Waals surface area (Å²) in [6.07, 6.45) is 3.90. The van der Waals surface area contributed by atoms with Crippen LogP contribution in [0.1, 0.15) is 11.3 Å². The molecule has 0 amide bonds. The van der Waals surface area contributed by atoms with Crippen LogP contribution in [0, 0.1) is 0 Å². The van der Waals surface area contributed by atoms with Gasteiger partial charge in [-0.25, -0.2) is 0 Å². The molecule has 21 heavy (non-hydrogen) atoms. The van der Waals surface area contributed by atoms with Crippen molar-refractivity contribution >= 4 is 23.8 Å². The highest BCUT2D eigenvalue weighted by molar-refractivity contribution is 6.30. The van der Waals surface area contributed by atoms with E-state index in [4.69, 9.17) is 11.6 Å². The first-order valence-electron chi connectivity index (χ1n) is 6.49. The minimum Gasteiger partial charge on any atom is -0.508 e. The number of aromatic nitrogens is 2. The molecule has 0 saturated heterocycles. The summed E-state index contributed by atoms with van der Waals surface area (Å²) in [6.45, 7) is 0. The fourth-order valence-electron chi connectivity index (χ4n) is 1.96. The maximum atomic E-state index is 9.24. The third-order valence-corrected chi connectivity index (χ3v) is 3.34. The molecule has 0 fully saturated rings. The Morgan fingerprint density at radius 3 is 2.38 bits per heavy atom. The highest BCUT2D eigenvalue weighted by atomic mass is 35.5. The number of H-pyrrole nitrogens is 1. The van der Waals surface area contributed by atoms with Gasteiger partial charge in [-0.15, -0.1) is 0 Å². The Balaban J connectivity index is 1.78. The summed E-state index contributed by atoms with van der Waals surface area (Å²) in [5, 5.41) is 17.2. The van der Waals surface area contributed by atoms with E-state index in [1.165, 1.54) is 0 Å². The van der Waals surface area contributed by atoms with Crippen LogP contribution in [0.5, 0.6) is 5.75 Å². The van der Waals surface area contributed by atoms with Crippen molar-refractivity contribution in [3.05, 3.63) is 70.9 Å². The number of rotatable bonds is 3. The van der Waals surface area contributed by atoms with Gasteiger partial charge in [-0.2, -0.15) is 5.10 Å². The lowest BCUT2D eigenvalue weighted by Crippen LogP contribution is -1.76. The average Bonchev–Trinajstić information content (AvgIpc) is 2.96. The first kappa shape index (κ1) is 13.5. The summed E-state index contributed by atoms with van der Waals surface area (Å²) in [6, 6.07) is 16.6. The molecule has 0 unspecified atom stereocenters. The summed E-state index contributed by atoms with van der Waals surface area (Å²) < 4.78 is 0. The van der Waals surface area contributed by atoms with Crippen LogP contribution in [0.3, 0.4) is 0 Å². The van der Waals surface area contributed by atoms with Crippen LogP contribution >= 0.6 is 11.6 Å². The van der Waals surface area contributed by atoms with Crippen molar-refractivity contribution in [2.45, 2.75) is 0 Å². The average molecular weight is 297 g/mol. The van der Waals surface area contributed by atoms with Gasteiger partial charge in [0, 0.05) is 10.6 Å². The Morgan fingerprint density at radius 1 is 0.952 bits per heavy atom. The van der Waals surface area contributed by atoms with Gasteiger partial charge in [0.15, 0.2) is 0 Å². The third-order valence-electron chi connectivity index (χ3n) is 3.09. The number of phenols is 1. The van der Waals surface area contributed by atoms with Crippen molar-refractivity contribution in [2.75, 3.05) is 0 Å². The van der Waals surface area contributed by atoms with Gasteiger partial charge in [0.25, 0.3) is 0 Å². The van der Waals surface area contributed by atoms with E-state index in [2.05, 4.69) is 10.2 Å². The van der Waals surface area contributed by atoms with Gasteiger partial charge in [0.05, 0.1) is 11.4 Å². The first-order chi connectivity index (χ1) is 10.2. The molecule has 3 aromatic rings. The van der Waals surface area contributed by atoms with Crippen LogP contribution in [0.25, 0.3) is 23.4 Å². The highest BCUT2D eigenvalue weighted by Gasteiger charge is 2.02. The molecule has 1 aromatic heterocycles. The number of hydrogen-bond donors (Lipinski definition) is 2. The zero-order chi connectivity index (χ0) is 14.7. The third kappa shape index (κ3) is 3.33. The van der Waals surface area contributed by atoms with Crippen molar-refractivity contribution in [1.29, 1.82) is 0 Å². The number of halogens is 1. The second-order valence-corrected chi connectivity index (χ2v) is 5.08. The number of phenolic OH excluding ortho intramolecular Hbond substituents is 1. The van der Waals surface area contributed by atoms with Crippen LogP contribution < -0.4 is 0 Å². The highest BCUT2D eigenvalue weighted by Crippen LogP contribution is 2.21. The normalized spacial score (nSPS) is 11.1. The lowest BCUT2D eigenvalue weighted by atomic mass is 10.1. The molecule has 0 atom stereocenters. The molecule has 0 saturated carbocycles. The topological polar surface area (TPSA) is 48.9 Å². The van der Waals surface area contributed by atoms with E-state index in [-0.39, 0.29) is 5.75 Å². The fourth-order valence-corrected chi connectivity index (χ4v) is 2.09. The number of benzene rings is 2. The minimum atomic E-state index is 0.263. The summed E-state index contributed by atoms with van der Waals surface area (Å²) in [4.78, 5) is 0. The molecule has 0 aliphatic rings. The van der Waals surface area contributed by atoms with Gasteiger partial charge in [-0.05, 0) is 42.0 Å². The van der Waals surface area contributed by atoms with Gasteiger partial charge < -0.3 is 5.11 Å². The first-order valence-corrected chi connectivity index (χ1v) is 6.87. The van der Waals surface area contributed by atoms with Crippen molar-refractivity contribution in [2.24, 2.45) is 0 Å². The fraction of sp³-hybridized carbons (Fsp3) is 0. The predicted octanol–water partition coefficient (Wildman–Crippen LogP) is 4.61. The molecule has 2 aromatic carbocycles. The quantitative estimate of drug-likeness (QED) is 0.741. The number of aromatic amines is 1. The molecule has 3 nitrogen and oxygen atoms in total. The molecule has 3 rings (SSSR count). The molecule has 0 radical (unpaired) electrons. The monoisotopic (exact) mass is 296 g/mol. The summed E-state index contributed by atoms with van der Waals surface area (Å²) >= 11 is 5.88. The lowest BCUT2D eigenvalue weighted by molar-refractivity contribution is 0.475. The maximum Gasteiger partial charge on any atom is 0.115 e. The van der Waals surface area contributed by atoms with Crippen molar-refractivity contribution in [3.63, 3.8) is 0 Å².